The van der Waals surface area contributed by atoms with Gasteiger partial charge in [0.25, 0.3) is 5.69 Å². The van der Waals surface area contributed by atoms with E-state index in [0.717, 1.165) is 24.3 Å². The molecule has 0 heterocycles. The van der Waals surface area contributed by atoms with E-state index in [9.17, 15) is 36.5 Å². The molecule has 0 saturated heterocycles. The van der Waals surface area contributed by atoms with Crippen molar-refractivity contribution in [3.05, 3.63) is 57.6 Å². The third-order valence-corrected chi connectivity index (χ3v) is 3.12. The first-order chi connectivity index (χ1) is 10.9. The fraction of sp³-hybridized carbons (Fsp3) is 0.143. The van der Waals surface area contributed by atoms with E-state index >= 15 is 0 Å². The molecule has 0 atom stereocenters. The zero-order valence-electron chi connectivity index (χ0n) is 11.4. The SMILES string of the molecule is O=[N+]([O-])c1cc(C(F)(F)F)c(-c2ccc(O)cc2)cc1C(F)(F)F. The minimum Gasteiger partial charge on any atom is -0.508 e. The predicted octanol–water partition coefficient (Wildman–Crippen LogP) is 5.01. The number of benzene rings is 2. The van der Waals surface area contributed by atoms with Gasteiger partial charge in [0, 0.05) is 6.07 Å². The number of nitro groups is 1. The predicted molar refractivity (Wildman–Crippen MR) is 70.2 cm³/mol. The van der Waals surface area contributed by atoms with Crippen LogP contribution in [0.3, 0.4) is 0 Å². The Bertz CT molecular complexity index is 781. The van der Waals surface area contributed by atoms with E-state index in [1.165, 1.54) is 0 Å². The number of hydrogen-bond acceptors (Lipinski definition) is 3. The molecule has 10 heteroatoms. The van der Waals surface area contributed by atoms with Crippen molar-refractivity contribution in [2.75, 3.05) is 0 Å². The second kappa shape index (κ2) is 5.69. The quantitative estimate of drug-likeness (QED) is 0.470. The standard InChI is InChI=1S/C14H7F6NO3/c15-13(16,17)10-6-12(21(23)24)11(14(18,19)20)5-9(10)7-1-3-8(22)4-2-7/h1-6,22H. The molecule has 0 unspecified atom stereocenters. The molecule has 2 rings (SSSR count). The molecule has 0 spiro atoms. The first kappa shape index (κ1) is 17.6. The van der Waals surface area contributed by atoms with Gasteiger partial charge in [-0.05, 0) is 29.3 Å². The molecule has 128 valence electrons. The molecule has 0 aliphatic rings. The van der Waals surface area contributed by atoms with E-state index in [0.29, 0.717) is 0 Å². The first-order valence-electron chi connectivity index (χ1n) is 6.17. The first-order valence-corrected chi connectivity index (χ1v) is 6.17. The summed E-state index contributed by atoms with van der Waals surface area (Å²) < 4.78 is 78.3. The highest BCUT2D eigenvalue weighted by Crippen LogP contribution is 2.45. The maximum atomic E-state index is 13.1. The molecular formula is C14H7F6NO3. The van der Waals surface area contributed by atoms with Crippen molar-refractivity contribution < 1.29 is 36.4 Å². The summed E-state index contributed by atoms with van der Waals surface area (Å²) in [6.07, 6.45) is -10.3. The zero-order valence-corrected chi connectivity index (χ0v) is 11.4. The molecule has 0 amide bonds. The van der Waals surface area contributed by atoms with Gasteiger partial charge in [-0.2, -0.15) is 26.3 Å². The van der Waals surface area contributed by atoms with Crippen LogP contribution < -0.4 is 0 Å². The molecule has 0 aromatic heterocycles. The lowest BCUT2D eigenvalue weighted by Crippen LogP contribution is -2.14. The van der Waals surface area contributed by atoms with Gasteiger partial charge < -0.3 is 5.11 Å². The zero-order chi connectivity index (χ0) is 18.3. The molecule has 4 nitrogen and oxygen atoms in total. The van der Waals surface area contributed by atoms with Gasteiger partial charge in [0.15, 0.2) is 0 Å². The van der Waals surface area contributed by atoms with E-state index in [-0.39, 0.29) is 23.4 Å². The normalized spacial score (nSPS) is 12.2. The number of nitro benzene ring substituents is 1. The Morgan fingerprint density at radius 2 is 1.38 bits per heavy atom. The summed E-state index contributed by atoms with van der Waals surface area (Å²) in [5.41, 5.74) is -6.20. The van der Waals surface area contributed by atoms with Crippen molar-refractivity contribution in [3.63, 3.8) is 0 Å². The topological polar surface area (TPSA) is 63.4 Å². The summed E-state index contributed by atoms with van der Waals surface area (Å²) in [5, 5.41) is 19.9. The highest BCUT2D eigenvalue weighted by atomic mass is 19.4. The molecule has 1 N–H and O–H groups in total. The van der Waals surface area contributed by atoms with Crippen LogP contribution >= 0.6 is 0 Å². The molecule has 0 bridgehead atoms. The Kier molecular flexibility index (Phi) is 4.17. The van der Waals surface area contributed by atoms with Gasteiger partial charge in [-0.3, -0.25) is 10.1 Å². The Balaban J connectivity index is 2.85. The third-order valence-electron chi connectivity index (χ3n) is 3.12. The van der Waals surface area contributed by atoms with Crippen molar-refractivity contribution in [1.82, 2.24) is 0 Å². The van der Waals surface area contributed by atoms with Crippen LogP contribution in [-0.4, -0.2) is 10.0 Å². The van der Waals surface area contributed by atoms with Gasteiger partial charge in [-0.25, -0.2) is 0 Å². The molecular weight excluding hydrogens is 344 g/mol. The monoisotopic (exact) mass is 351 g/mol. The Morgan fingerprint density at radius 3 is 1.79 bits per heavy atom. The molecule has 0 aliphatic carbocycles. The largest absolute Gasteiger partial charge is 0.508 e. The lowest BCUT2D eigenvalue weighted by Gasteiger charge is -2.16. The van der Waals surface area contributed by atoms with Gasteiger partial charge in [0.2, 0.25) is 0 Å². The highest BCUT2D eigenvalue weighted by Gasteiger charge is 2.43. The molecule has 0 radical (unpaired) electrons. The summed E-state index contributed by atoms with van der Waals surface area (Å²) in [6.45, 7) is 0. The average molecular weight is 351 g/mol. The number of aromatic hydroxyl groups is 1. The molecule has 0 saturated carbocycles. The maximum absolute atomic E-state index is 13.1. The van der Waals surface area contributed by atoms with Crippen molar-refractivity contribution >= 4 is 5.69 Å². The maximum Gasteiger partial charge on any atom is 0.423 e. The number of hydrogen-bond donors (Lipinski definition) is 1. The Hall–Kier alpha value is -2.78. The fourth-order valence-corrected chi connectivity index (χ4v) is 2.08. The number of phenolic OH excluding ortho intramolecular Hbond substituents is 1. The van der Waals surface area contributed by atoms with Crippen LogP contribution in [0.2, 0.25) is 0 Å². The summed E-state index contributed by atoms with van der Waals surface area (Å²) in [7, 11) is 0. The van der Waals surface area contributed by atoms with Crippen molar-refractivity contribution in [2.24, 2.45) is 0 Å². The molecule has 0 fully saturated rings. The minimum atomic E-state index is -5.21. The van der Waals surface area contributed by atoms with Gasteiger partial charge in [0.1, 0.15) is 11.3 Å². The van der Waals surface area contributed by atoms with Crippen LogP contribution in [-0.2, 0) is 12.4 Å². The van der Waals surface area contributed by atoms with Crippen LogP contribution in [0, 0.1) is 10.1 Å². The summed E-state index contributed by atoms with van der Waals surface area (Å²) in [5.74, 6) is -0.301. The number of alkyl halides is 6. The van der Waals surface area contributed by atoms with Crippen LogP contribution in [0.5, 0.6) is 5.75 Å². The fourth-order valence-electron chi connectivity index (χ4n) is 2.08. The number of rotatable bonds is 2. The Labute approximate surface area is 130 Å². The van der Waals surface area contributed by atoms with Crippen molar-refractivity contribution in [2.45, 2.75) is 12.4 Å². The van der Waals surface area contributed by atoms with E-state index in [1.54, 1.807) is 0 Å². The highest BCUT2D eigenvalue weighted by molar-refractivity contribution is 5.72. The van der Waals surface area contributed by atoms with Crippen molar-refractivity contribution in [1.29, 1.82) is 0 Å². The smallest absolute Gasteiger partial charge is 0.423 e. The average Bonchev–Trinajstić information content (AvgIpc) is 2.44. The van der Waals surface area contributed by atoms with Crippen LogP contribution in [0.25, 0.3) is 11.1 Å². The third kappa shape index (κ3) is 3.42. The van der Waals surface area contributed by atoms with Gasteiger partial charge in [0.05, 0.1) is 10.5 Å². The van der Waals surface area contributed by atoms with E-state index in [4.69, 9.17) is 5.11 Å². The lowest BCUT2D eigenvalue weighted by atomic mass is 9.95. The van der Waals surface area contributed by atoms with Gasteiger partial charge in [-0.1, -0.05) is 12.1 Å². The van der Waals surface area contributed by atoms with Crippen LogP contribution in [0.1, 0.15) is 11.1 Å². The molecule has 24 heavy (non-hydrogen) atoms. The molecule has 2 aromatic rings. The minimum absolute atomic E-state index is 0.0906. The van der Waals surface area contributed by atoms with E-state index in [2.05, 4.69) is 0 Å². The summed E-state index contributed by atoms with van der Waals surface area (Å²) in [4.78, 5) is 9.23. The second-order valence-electron chi connectivity index (χ2n) is 4.71. The summed E-state index contributed by atoms with van der Waals surface area (Å²) >= 11 is 0. The molecule has 0 aliphatic heterocycles. The van der Waals surface area contributed by atoms with Gasteiger partial charge >= 0.3 is 12.4 Å². The van der Waals surface area contributed by atoms with Crippen molar-refractivity contribution in [3.8, 4) is 16.9 Å². The van der Waals surface area contributed by atoms with E-state index < -0.39 is 39.7 Å². The number of halogens is 6. The van der Waals surface area contributed by atoms with Crippen LogP contribution in [0.4, 0.5) is 32.0 Å². The lowest BCUT2D eigenvalue weighted by molar-refractivity contribution is -0.388. The molecule has 2 aromatic carbocycles. The second-order valence-corrected chi connectivity index (χ2v) is 4.71. The summed E-state index contributed by atoms with van der Waals surface area (Å²) in [6, 6.07) is 3.89. The van der Waals surface area contributed by atoms with Crippen LogP contribution in [0.15, 0.2) is 36.4 Å². The number of nitrogens with zero attached hydrogens (tertiary/aromatic N) is 1. The van der Waals surface area contributed by atoms with E-state index in [1.807, 2.05) is 0 Å². The Morgan fingerprint density at radius 1 is 0.875 bits per heavy atom. The number of phenols is 1. The van der Waals surface area contributed by atoms with Gasteiger partial charge in [-0.15, -0.1) is 0 Å².